The Morgan fingerprint density at radius 1 is 1.36 bits per heavy atom. The Kier molecular flexibility index (Phi) is 9.98. The van der Waals surface area contributed by atoms with Crippen molar-refractivity contribution in [1.82, 2.24) is 10.2 Å². The lowest BCUT2D eigenvalue weighted by Gasteiger charge is -2.31. The number of benzene rings is 1. The van der Waals surface area contributed by atoms with Crippen molar-refractivity contribution < 1.29 is 9.53 Å². The molecule has 0 aromatic heterocycles. The third-order valence-corrected chi connectivity index (χ3v) is 3.85. The van der Waals surface area contributed by atoms with E-state index in [-0.39, 0.29) is 36.1 Å². The normalized spacial score (nSPS) is 15.7. The summed E-state index contributed by atoms with van der Waals surface area (Å²) in [5.41, 5.74) is 7.07. The number of likely N-dealkylation sites (tertiary alicyclic amines) is 1. The number of hydrogen-bond acceptors (Lipinski definition) is 3. The smallest absolute Gasteiger partial charge is 0.409 e. The number of carbonyl (C=O) groups is 1. The van der Waals surface area contributed by atoms with Crippen LogP contribution in [0.25, 0.3) is 6.08 Å². The molecule has 0 bridgehead atoms. The molecule has 1 amide bonds. The minimum Gasteiger partial charge on any atom is -0.450 e. The van der Waals surface area contributed by atoms with E-state index < -0.39 is 0 Å². The van der Waals surface area contributed by atoms with Gasteiger partial charge < -0.3 is 20.7 Å². The molecule has 1 aromatic carbocycles. The van der Waals surface area contributed by atoms with Crippen molar-refractivity contribution in [2.45, 2.75) is 25.8 Å². The Balaban J connectivity index is 0.00000312. The van der Waals surface area contributed by atoms with Crippen LogP contribution in [0.15, 0.2) is 41.4 Å². The van der Waals surface area contributed by atoms with E-state index in [4.69, 9.17) is 10.5 Å². The second-order valence-electron chi connectivity index (χ2n) is 5.64. The summed E-state index contributed by atoms with van der Waals surface area (Å²) in [5, 5.41) is 3.22. The molecule has 0 spiro atoms. The molecule has 0 unspecified atom stereocenters. The van der Waals surface area contributed by atoms with E-state index in [0.29, 0.717) is 32.2 Å². The summed E-state index contributed by atoms with van der Waals surface area (Å²) in [6.07, 6.45) is 5.45. The Hall–Kier alpha value is -1.77. The molecule has 0 saturated carbocycles. The van der Waals surface area contributed by atoms with Crippen LogP contribution in [-0.2, 0) is 4.74 Å². The number of rotatable bonds is 5. The first kappa shape index (κ1) is 21.3. The lowest BCUT2D eigenvalue weighted by molar-refractivity contribution is 0.0963. The van der Waals surface area contributed by atoms with E-state index in [0.717, 1.165) is 18.4 Å². The molecule has 0 aliphatic carbocycles. The van der Waals surface area contributed by atoms with E-state index in [9.17, 15) is 4.79 Å². The lowest BCUT2D eigenvalue weighted by atomic mass is 10.1. The number of amides is 1. The fraction of sp³-hybridized carbons (Fsp3) is 0.444. The van der Waals surface area contributed by atoms with Gasteiger partial charge in [0.25, 0.3) is 0 Å². The topological polar surface area (TPSA) is 80.0 Å². The van der Waals surface area contributed by atoms with Gasteiger partial charge in [0.1, 0.15) is 0 Å². The van der Waals surface area contributed by atoms with Gasteiger partial charge in [0.2, 0.25) is 0 Å². The molecule has 3 N–H and O–H groups in total. The Bertz CT molecular complexity index is 570. The van der Waals surface area contributed by atoms with Gasteiger partial charge in [-0.3, -0.25) is 0 Å². The summed E-state index contributed by atoms with van der Waals surface area (Å²) >= 11 is 0. The van der Waals surface area contributed by atoms with Crippen LogP contribution in [0.5, 0.6) is 0 Å². The summed E-state index contributed by atoms with van der Waals surface area (Å²) in [6, 6.07) is 10.3. The maximum atomic E-state index is 11.6. The third kappa shape index (κ3) is 7.76. The molecule has 6 nitrogen and oxygen atoms in total. The molecular formula is C18H27IN4O2. The summed E-state index contributed by atoms with van der Waals surface area (Å²) in [4.78, 5) is 17.7. The zero-order valence-electron chi connectivity index (χ0n) is 14.6. The average Bonchev–Trinajstić information content (AvgIpc) is 2.60. The van der Waals surface area contributed by atoms with Gasteiger partial charge in [-0.25, -0.2) is 9.79 Å². The maximum absolute atomic E-state index is 11.6. The summed E-state index contributed by atoms with van der Waals surface area (Å²) in [5.74, 6) is 0.447. The van der Waals surface area contributed by atoms with Crippen molar-refractivity contribution in [3.63, 3.8) is 0 Å². The zero-order chi connectivity index (χ0) is 17.2. The molecule has 7 heteroatoms. The highest BCUT2D eigenvalue weighted by molar-refractivity contribution is 14.0. The quantitative estimate of drug-likeness (QED) is 0.404. The first-order valence-electron chi connectivity index (χ1n) is 8.38. The van der Waals surface area contributed by atoms with Crippen LogP contribution in [0.3, 0.4) is 0 Å². The van der Waals surface area contributed by atoms with Gasteiger partial charge in [0, 0.05) is 19.1 Å². The van der Waals surface area contributed by atoms with Crippen molar-refractivity contribution in [2.75, 3.05) is 26.2 Å². The van der Waals surface area contributed by atoms with Gasteiger partial charge in [0.15, 0.2) is 5.96 Å². The van der Waals surface area contributed by atoms with Crippen LogP contribution in [-0.4, -0.2) is 49.2 Å². The van der Waals surface area contributed by atoms with E-state index in [1.165, 1.54) is 0 Å². The number of guanidine groups is 1. The standard InChI is InChI=1S/C18H26N4O2.HI/c1-2-24-18(23)22-13-10-16(11-14-22)21-17(19)20-12-6-9-15-7-4-3-5-8-15;/h3-9,16H,2,10-14H2,1H3,(H3,19,20,21);1H. The molecule has 138 valence electrons. The van der Waals surface area contributed by atoms with E-state index in [1.807, 2.05) is 49.4 Å². The van der Waals surface area contributed by atoms with Crippen molar-refractivity contribution >= 4 is 42.1 Å². The largest absolute Gasteiger partial charge is 0.450 e. The fourth-order valence-corrected chi connectivity index (χ4v) is 2.58. The Morgan fingerprint density at radius 3 is 2.68 bits per heavy atom. The molecule has 1 aliphatic rings. The summed E-state index contributed by atoms with van der Waals surface area (Å²) in [7, 11) is 0. The molecule has 1 fully saturated rings. The molecule has 1 aromatic rings. The van der Waals surface area contributed by atoms with Gasteiger partial charge in [-0.1, -0.05) is 42.5 Å². The first-order chi connectivity index (χ1) is 11.7. The van der Waals surface area contributed by atoms with Gasteiger partial charge in [0.05, 0.1) is 13.2 Å². The van der Waals surface area contributed by atoms with Gasteiger partial charge in [-0.2, -0.15) is 0 Å². The van der Waals surface area contributed by atoms with Crippen LogP contribution in [0.2, 0.25) is 0 Å². The number of carbonyl (C=O) groups excluding carboxylic acids is 1. The average molecular weight is 458 g/mol. The number of aliphatic imine (C=N–C) groups is 1. The number of halogens is 1. The number of hydrogen-bond donors (Lipinski definition) is 2. The van der Waals surface area contributed by atoms with Gasteiger partial charge in [-0.15, -0.1) is 24.0 Å². The maximum Gasteiger partial charge on any atom is 0.409 e. The summed E-state index contributed by atoms with van der Waals surface area (Å²) in [6.45, 7) is 4.12. The molecule has 25 heavy (non-hydrogen) atoms. The minimum atomic E-state index is -0.233. The first-order valence-corrected chi connectivity index (χ1v) is 8.38. The molecule has 2 rings (SSSR count). The molecule has 1 saturated heterocycles. The van der Waals surface area contributed by atoms with E-state index in [1.54, 1.807) is 4.90 Å². The van der Waals surface area contributed by atoms with Crippen LogP contribution in [0.4, 0.5) is 4.79 Å². The van der Waals surface area contributed by atoms with Crippen LogP contribution < -0.4 is 11.1 Å². The Morgan fingerprint density at radius 2 is 2.04 bits per heavy atom. The monoisotopic (exact) mass is 458 g/mol. The highest BCUT2D eigenvalue weighted by atomic mass is 127. The van der Waals surface area contributed by atoms with Crippen LogP contribution >= 0.6 is 24.0 Å². The third-order valence-electron chi connectivity index (χ3n) is 3.85. The predicted octanol–water partition coefficient (Wildman–Crippen LogP) is 2.84. The number of nitrogens with two attached hydrogens (primary N) is 1. The fourth-order valence-electron chi connectivity index (χ4n) is 2.58. The minimum absolute atomic E-state index is 0. The van der Waals surface area contributed by atoms with E-state index in [2.05, 4.69) is 10.3 Å². The lowest BCUT2D eigenvalue weighted by Crippen LogP contribution is -2.48. The van der Waals surface area contributed by atoms with Crippen molar-refractivity contribution in [1.29, 1.82) is 0 Å². The molecule has 1 heterocycles. The van der Waals surface area contributed by atoms with Crippen LogP contribution in [0, 0.1) is 0 Å². The van der Waals surface area contributed by atoms with E-state index >= 15 is 0 Å². The number of nitrogens with one attached hydrogen (secondary N) is 1. The molecule has 0 radical (unpaired) electrons. The molecule has 0 atom stereocenters. The summed E-state index contributed by atoms with van der Waals surface area (Å²) < 4.78 is 5.01. The molecular weight excluding hydrogens is 431 g/mol. The molecule has 1 aliphatic heterocycles. The van der Waals surface area contributed by atoms with Crippen molar-refractivity contribution in [3.05, 3.63) is 42.0 Å². The highest BCUT2D eigenvalue weighted by Gasteiger charge is 2.23. The predicted molar refractivity (Wildman–Crippen MR) is 112 cm³/mol. The second kappa shape index (κ2) is 11.7. The number of piperidine rings is 1. The van der Waals surface area contributed by atoms with Crippen LogP contribution in [0.1, 0.15) is 25.3 Å². The van der Waals surface area contributed by atoms with Gasteiger partial charge in [-0.05, 0) is 25.3 Å². The SMILES string of the molecule is CCOC(=O)N1CCC(NC(N)=NCC=Cc2ccccc2)CC1.I. The number of ether oxygens (including phenoxy) is 1. The Labute approximate surface area is 166 Å². The zero-order valence-corrected chi connectivity index (χ0v) is 16.9. The van der Waals surface area contributed by atoms with Crippen molar-refractivity contribution in [3.8, 4) is 0 Å². The van der Waals surface area contributed by atoms with Gasteiger partial charge >= 0.3 is 6.09 Å². The second-order valence-corrected chi connectivity index (χ2v) is 5.64. The highest BCUT2D eigenvalue weighted by Crippen LogP contribution is 2.11. The van der Waals surface area contributed by atoms with Crippen molar-refractivity contribution in [2.24, 2.45) is 10.7 Å². The number of nitrogens with zero attached hydrogens (tertiary/aromatic N) is 2.